The maximum atomic E-state index is 12.6. The van der Waals surface area contributed by atoms with E-state index in [1.54, 1.807) is 37.4 Å². The van der Waals surface area contributed by atoms with Gasteiger partial charge in [-0.2, -0.15) is 10.4 Å². The van der Waals surface area contributed by atoms with Gasteiger partial charge >= 0.3 is 0 Å². The van der Waals surface area contributed by atoms with E-state index >= 15 is 0 Å². The van der Waals surface area contributed by atoms with Crippen LogP contribution < -0.4 is 5.32 Å². The lowest BCUT2D eigenvalue weighted by Crippen LogP contribution is -2.12. The summed E-state index contributed by atoms with van der Waals surface area (Å²) in [4.78, 5) is 21.2. The fraction of sp³-hybridized carbons (Fsp3) is 0.0800. The Morgan fingerprint density at radius 2 is 2.00 bits per heavy atom. The highest BCUT2D eigenvalue weighted by molar-refractivity contribution is 7.91. The summed E-state index contributed by atoms with van der Waals surface area (Å²) in [6, 6.07) is 16.6. The maximum absolute atomic E-state index is 12.6. The number of carbonyl (C=O) groups is 1. The Morgan fingerprint density at radius 3 is 2.75 bits per heavy atom. The first kappa shape index (κ1) is 22.9. The lowest BCUT2D eigenvalue weighted by Gasteiger charge is -2.07. The number of nitrogens with one attached hydrogen (secondary N) is 2. The first-order valence-corrected chi connectivity index (χ1v) is 12.5. The van der Waals surface area contributed by atoms with Crippen LogP contribution in [-0.4, -0.2) is 40.2 Å². The number of rotatable bonds is 6. The largest absolute Gasteiger partial charge is 0.436 e. The molecule has 0 unspecified atom stereocenters. The second-order valence-corrected chi connectivity index (χ2v) is 10.1. The molecule has 0 bridgehead atoms. The summed E-state index contributed by atoms with van der Waals surface area (Å²) in [7, 11) is -3.38. The van der Waals surface area contributed by atoms with Crippen molar-refractivity contribution in [1.82, 2.24) is 20.2 Å². The van der Waals surface area contributed by atoms with Gasteiger partial charge in [-0.1, -0.05) is 19.1 Å². The minimum absolute atomic E-state index is 0.0103. The van der Waals surface area contributed by atoms with E-state index in [1.165, 1.54) is 30.5 Å². The number of aromatic amines is 1. The van der Waals surface area contributed by atoms with Gasteiger partial charge in [-0.3, -0.25) is 9.89 Å². The summed E-state index contributed by atoms with van der Waals surface area (Å²) >= 11 is 0. The van der Waals surface area contributed by atoms with Crippen molar-refractivity contribution in [2.75, 3.05) is 11.1 Å². The number of hydrogen-bond acceptors (Lipinski definition) is 8. The quantitative estimate of drug-likeness (QED) is 0.353. The molecule has 5 rings (SSSR count). The third-order valence-electron chi connectivity index (χ3n) is 5.52. The van der Waals surface area contributed by atoms with Gasteiger partial charge in [0.25, 0.3) is 5.91 Å². The standard InChI is InChI=1S/C25H18N6O4S/c1-2-36(33,34)19-8-9-22-21(11-19)30-25(35-22)20-14-28-31-23(20)15-4-3-5-17(10-15)29-24(32)16-6-7-18(12-26)27-13-16/h3-11,13-14H,2H2,1H3,(H,28,31)(H,29,32). The van der Waals surface area contributed by atoms with Gasteiger partial charge in [-0.15, -0.1) is 0 Å². The molecule has 3 heterocycles. The van der Waals surface area contributed by atoms with Crippen molar-refractivity contribution in [3.05, 3.63) is 78.2 Å². The van der Waals surface area contributed by atoms with Crippen LogP contribution in [0.3, 0.4) is 0 Å². The number of amides is 1. The zero-order valence-electron chi connectivity index (χ0n) is 18.9. The van der Waals surface area contributed by atoms with Gasteiger partial charge in [0.15, 0.2) is 15.4 Å². The van der Waals surface area contributed by atoms with Gasteiger partial charge in [-0.25, -0.2) is 18.4 Å². The first-order valence-electron chi connectivity index (χ1n) is 10.8. The van der Waals surface area contributed by atoms with E-state index in [-0.39, 0.29) is 28.1 Å². The number of aromatic nitrogens is 4. The van der Waals surface area contributed by atoms with Crippen LogP contribution in [0.2, 0.25) is 0 Å². The Kier molecular flexibility index (Phi) is 5.79. The van der Waals surface area contributed by atoms with Gasteiger partial charge in [0.1, 0.15) is 17.3 Å². The smallest absolute Gasteiger partial charge is 0.257 e. The molecule has 178 valence electrons. The van der Waals surface area contributed by atoms with Crippen molar-refractivity contribution in [1.29, 1.82) is 5.26 Å². The number of pyridine rings is 1. The molecule has 0 spiro atoms. The van der Waals surface area contributed by atoms with E-state index in [9.17, 15) is 13.2 Å². The molecular weight excluding hydrogens is 480 g/mol. The highest BCUT2D eigenvalue weighted by Gasteiger charge is 2.19. The number of sulfone groups is 1. The number of H-pyrrole nitrogens is 1. The molecule has 1 amide bonds. The zero-order valence-corrected chi connectivity index (χ0v) is 19.7. The van der Waals surface area contributed by atoms with Crippen molar-refractivity contribution < 1.29 is 17.6 Å². The monoisotopic (exact) mass is 498 g/mol. The molecule has 0 aliphatic heterocycles. The highest BCUT2D eigenvalue weighted by Crippen LogP contribution is 2.33. The Balaban J connectivity index is 1.44. The number of nitrogens with zero attached hydrogens (tertiary/aromatic N) is 4. The maximum Gasteiger partial charge on any atom is 0.257 e. The predicted molar refractivity (Wildman–Crippen MR) is 132 cm³/mol. The molecule has 3 aromatic heterocycles. The van der Waals surface area contributed by atoms with E-state index in [2.05, 4.69) is 25.5 Å². The molecule has 0 saturated heterocycles. The van der Waals surface area contributed by atoms with Crippen LogP contribution in [0.25, 0.3) is 33.8 Å². The molecule has 0 radical (unpaired) electrons. The van der Waals surface area contributed by atoms with Gasteiger partial charge < -0.3 is 9.73 Å². The molecule has 0 saturated carbocycles. The second-order valence-electron chi connectivity index (χ2n) is 7.79. The van der Waals surface area contributed by atoms with Crippen LogP contribution in [0.4, 0.5) is 5.69 Å². The zero-order chi connectivity index (χ0) is 25.3. The lowest BCUT2D eigenvalue weighted by atomic mass is 10.1. The number of fused-ring (bicyclic) bond motifs is 1. The molecule has 0 fully saturated rings. The van der Waals surface area contributed by atoms with E-state index in [1.807, 2.05) is 12.1 Å². The summed E-state index contributed by atoms with van der Waals surface area (Å²) in [5, 5.41) is 18.7. The molecule has 2 aromatic carbocycles. The Hall–Kier alpha value is -4.82. The number of hydrogen-bond donors (Lipinski definition) is 2. The topological polar surface area (TPSA) is 155 Å². The van der Waals surface area contributed by atoms with Crippen LogP contribution in [0.1, 0.15) is 23.0 Å². The highest BCUT2D eigenvalue weighted by atomic mass is 32.2. The minimum atomic E-state index is -3.38. The minimum Gasteiger partial charge on any atom is -0.436 e. The SMILES string of the molecule is CCS(=O)(=O)c1ccc2oc(-c3cn[nH]c3-c3cccc(NC(=O)c4ccc(C#N)nc4)c3)nc2c1. The van der Waals surface area contributed by atoms with Gasteiger partial charge in [-0.05, 0) is 42.5 Å². The summed E-state index contributed by atoms with van der Waals surface area (Å²) in [6.07, 6.45) is 2.91. The molecular formula is C25H18N6O4S. The molecule has 2 N–H and O–H groups in total. The third-order valence-corrected chi connectivity index (χ3v) is 7.25. The summed E-state index contributed by atoms with van der Waals surface area (Å²) in [5.74, 6) is -0.104. The number of oxazole rings is 1. The lowest BCUT2D eigenvalue weighted by molar-refractivity contribution is 0.102. The third kappa shape index (κ3) is 4.33. The molecule has 5 aromatic rings. The molecule has 0 atom stereocenters. The number of nitriles is 1. The summed E-state index contributed by atoms with van der Waals surface area (Å²) < 4.78 is 30.3. The second kappa shape index (κ2) is 9.09. The van der Waals surface area contributed by atoms with Gasteiger partial charge in [0.05, 0.1) is 33.7 Å². The normalized spacial score (nSPS) is 11.3. The molecule has 0 aliphatic rings. The van der Waals surface area contributed by atoms with E-state index < -0.39 is 9.84 Å². The van der Waals surface area contributed by atoms with Crippen LogP contribution in [0, 0.1) is 11.3 Å². The first-order chi connectivity index (χ1) is 17.4. The van der Waals surface area contributed by atoms with E-state index in [0.717, 1.165) is 5.56 Å². The van der Waals surface area contributed by atoms with Crippen LogP contribution in [-0.2, 0) is 9.84 Å². The van der Waals surface area contributed by atoms with Crippen molar-refractivity contribution in [2.24, 2.45) is 0 Å². The fourth-order valence-electron chi connectivity index (χ4n) is 3.60. The summed E-state index contributed by atoms with van der Waals surface area (Å²) in [6.45, 7) is 1.59. The predicted octanol–water partition coefficient (Wildman–Crippen LogP) is 4.20. The Morgan fingerprint density at radius 1 is 1.14 bits per heavy atom. The van der Waals surface area contributed by atoms with Crippen molar-refractivity contribution in [2.45, 2.75) is 11.8 Å². The van der Waals surface area contributed by atoms with Crippen LogP contribution in [0.15, 0.2) is 76.3 Å². The average Bonchev–Trinajstić information content (AvgIpc) is 3.55. The summed E-state index contributed by atoms with van der Waals surface area (Å²) in [5.41, 5.74) is 3.85. The van der Waals surface area contributed by atoms with Crippen molar-refractivity contribution >= 4 is 32.5 Å². The number of carbonyl (C=O) groups excluding carboxylic acids is 1. The van der Waals surface area contributed by atoms with Gasteiger partial charge in [0.2, 0.25) is 5.89 Å². The Labute approximate surface area is 205 Å². The van der Waals surface area contributed by atoms with Crippen LogP contribution in [0.5, 0.6) is 0 Å². The van der Waals surface area contributed by atoms with E-state index in [0.29, 0.717) is 33.6 Å². The van der Waals surface area contributed by atoms with Crippen molar-refractivity contribution in [3.63, 3.8) is 0 Å². The number of benzene rings is 2. The number of anilines is 1. The molecule has 11 heteroatoms. The van der Waals surface area contributed by atoms with Gasteiger partial charge in [0, 0.05) is 17.4 Å². The molecule has 0 aliphatic carbocycles. The molecule has 10 nitrogen and oxygen atoms in total. The Bertz CT molecular complexity index is 1750. The van der Waals surface area contributed by atoms with Crippen molar-refractivity contribution in [3.8, 4) is 28.8 Å². The molecule has 36 heavy (non-hydrogen) atoms. The van der Waals surface area contributed by atoms with E-state index in [4.69, 9.17) is 9.68 Å². The van der Waals surface area contributed by atoms with Crippen LogP contribution >= 0.6 is 0 Å². The average molecular weight is 499 g/mol. The fourth-order valence-corrected chi connectivity index (χ4v) is 4.50.